The van der Waals surface area contributed by atoms with Crippen molar-refractivity contribution in [3.8, 4) is 0 Å². The monoisotopic (exact) mass is 476 g/mol. The summed E-state index contributed by atoms with van der Waals surface area (Å²) >= 11 is 6.17. The fraction of sp³-hybridized carbons (Fsp3) is 0.321. The number of rotatable bonds is 8. The molecule has 0 radical (unpaired) electrons. The quantitative estimate of drug-likeness (QED) is 0.447. The van der Waals surface area contributed by atoms with E-state index in [1.165, 1.54) is 11.1 Å². The van der Waals surface area contributed by atoms with Gasteiger partial charge in [0.25, 0.3) is 5.91 Å². The minimum Gasteiger partial charge on any atom is -0.355 e. The highest BCUT2D eigenvalue weighted by molar-refractivity contribution is 6.30. The molecule has 0 aromatic heterocycles. The highest BCUT2D eigenvalue weighted by Gasteiger charge is 2.24. The lowest BCUT2D eigenvalue weighted by Gasteiger charge is -2.36. The molecule has 34 heavy (non-hydrogen) atoms. The Hall–Kier alpha value is -2.86. The fourth-order valence-corrected chi connectivity index (χ4v) is 4.77. The molecule has 1 aliphatic rings. The van der Waals surface area contributed by atoms with Crippen LogP contribution >= 0.6 is 11.6 Å². The minimum absolute atomic E-state index is 0.0861. The van der Waals surface area contributed by atoms with Crippen molar-refractivity contribution in [2.24, 2.45) is 0 Å². The average molecular weight is 477 g/mol. The zero-order valence-corrected chi connectivity index (χ0v) is 20.7. The van der Waals surface area contributed by atoms with Gasteiger partial charge in [0, 0.05) is 61.2 Å². The molecule has 0 saturated carbocycles. The normalized spacial score (nSPS) is 15.0. The topological polar surface area (TPSA) is 47.6 Å². The number of amides is 1. The number of carbonyl (C=O) groups is 1. The van der Waals surface area contributed by atoms with E-state index in [2.05, 4.69) is 51.9 Å². The summed E-state index contributed by atoms with van der Waals surface area (Å²) < 4.78 is 0. The average Bonchev–Trinajstić information content (AvgIpc) is 2.86. The van der Waals surface area contributed by atoms with Gasteiger partial charge < -0.3 is 15.5 Å². The summed E-state index contributed by atoms with van der Waals surface area (Å²) in [6, 6.07) is 24.6. The first-order chi connectivity index (χ1) is 16.6. The lowest BCUT2D eigenvalue weighted by atomic mass is 9.95. The third-order valence-corrected chi connectivity index (χ3v) is 6.59. The number of nitrogens with zero attached hydrogens (tertiary/aromatic N) is 2. The molecular weight excluding hydrogens is 444 g/mol. The molecule has 178 valence electrons. The van der Waals surface area contributed by atoms with Gasteiger partial charge in [-0.1, -0.05) is 41.9 Å². The van der Waals surface area contributed by atoms with E-state index in [9.17, 15) is 4.79 Å². The van der Waals surface area contributed by atoms with Gasteiger partial charge in [-0.2, -0.15) is 0 Å². The molecule has 1 amide bonds. The second-order valence-electron chi connectivity index (χ2n) is 8.55. The Labute approximate surface area is 207 Å². The molecule has 3 aromatic rings. The van der Waals surface area contributed by atoms with Gasteiger partial charge in [-0.05, 0) is 67.4 Å². The Morgan fingerprint density at radius 2 is 1.59 bits per heavy atom. The predicted octanol–water partition coefficient (Wildman–Crippen LogP) is 5.56. The number of benzene rings is 3. The smallest absolute Gasteiger partial charge is 0.253 e. The van der Waals surface area contributed by atoms with Gasteiger partial charge in [0.2, 0.25) is 0 Å². The van der Waals surface area contributed by atoms with Crippen LogP contribution in [0.15, 0.2) is 72.8 Å². The summed E-state index contributed by atoms with van der Waals surface area (Å²) in [7, 11) is 0. The van der Waals surface area contributed by atoms with Gasteiger partial charge in [0.05, 0.1) is 6.04 Å². The van der Waals surface area contributed by atoms with Gasteiger partial charge in [0.1, 0.15) is 0 Å². The SMILES string of the molecule is CCN(CC)C(=O)c1ccc([C@@H](c2cccc(Nc3cccc(Cl)c3)c2)N2CCNCC2)cc1. The van der Waals surface area contributed by atoms with E-state index in [4.69, 9.17) is 11.6 Å². The molecule has 5 nitrogen and oxygen atoms in total. The second kappa shape index (κ2) is 11.5. The second-order valence-corrected chi connectivity index (χ2v) is 8.99. The molecule has 0 spiro atoms. The first-order valence-corrected chi connectivity index (χ1v) is 12.4. The van der Waals surface area contributed by atoms with Gasteiger partial charge in [-0.25, -0.2) is 0 Å². The third kappa shape index (κ3) is 5.79. The molecule has 0 bridgehead atoms. The molecule has 4 rings (SSSR count). The number of hydrogen-bond acceptors (Lipinski definition) is 4. The molecule has 1 heterocycles. The molecule has 1 saturated heterocycles. The van der Waals surface area contributed by atoms with Gasteiger partial charge in [0.15, 0.2) is 0 Å². The van der Waals surface area contributed by atoms with Crippen LogP contribution in [0.3, 0.4) is 0 Å². The van der Waals surface area contributed by atoms with E-state index in [0.717, 1.165) is 43.1 Å². The van der Waals surface area contributed by atoms with Crippen molar-refractivity contribution in [3.63, 3.8) is 0 Å². The largest absolute Gasteiger partial charge is 0.355 e. The van der Waals surface area contributed by atoms with E-state index in [1.54, 1.807) is 0 Å². The van der Waals surface area contributed by atoms with Crippen molar-refractivity contribution in [3.05, 3.63) is 94.5 Å². The first kappa shape index (κ1) is 24.3. The fourth-order valence-electron chi connectivity index (χ4n) is 4.58. The van der Waals surface area contributed by atoms with Gasteiger partial charge >= 0.3 is 0 Å². The van der Waals surface area contributed by atoms with E-state index in [1.807, 2.05) is 55.1 Å². The maximum atomic E-state index is 12.8. The number of carbonyl (C=O) groups excluding carboxylic acids is 1. The molecule has 3 aromatic carbocycles. The number of anilines is 2. The summed E-state index contributed by atoms with van der Waals surface area (Å²) in [5, 5.41) is 7.64. The van der Waals surface area contributed by atoms with E-state index in [0.29, 0.717) is 18.1 Å². The molecule has 6 heteroatoms. The lowest BCUT2D eigenvalue weighted by molar-refractivity contribution is 0.0773. The minimum atomic E-state index is 0.0861. The summed E-state index contributed by atoms with van der Waals surface area (Å²) in [6.45, 7) is 9.33. The molecule has 2 N–H and O–H groups in total. The third-order valence-electron chi connectivity index (χ3n) is 6.36. The van der Waals surface area contributed by atoms with Gasteiger partial charge in [-0.3, -0.25) is 9.69 Å². The molecule has 1 aliphatic heterocycles. The molecular formula is C28H33ClN4O. The van der Waals surface area contributed by atoms with Crippen LogP contribution in [0.1, 0.15) is 41.4 Å². The van der Waals surface area contributed by atoms with Crippen molar-refractivity contribution in [1.29, 1.82) is 0 Å². The number of halogens is 1. The number of piperazine rings is 1. The maximum absolute atomic E-state index is 12.8. The van der Waals surface area contributed by atoms with Crippen LogP contribution in [0.5, 0.6) is 0 Å². The molecule has 1 fully saturated rings. The molecule has 1 atom stereocenters. The van der Waals surface area contributed by atoms with Crippen LogP contribution in [0.25, 0.3) is 0 Å². The Kier molecular flexibility index (Phi) is 8.22. The maximum Gasteiger partial charge on any atom is 0.253 e. The zero-order chi connectivity index (χ0) is 23.9. The van der Waals surface area contributed by atoms with Crippen LogP contribution < -0.4 is 10.6 Å². The van der Waals surface area contributed by atoms with Crippen molar-refractivity contribution in [2.45, 2.75) is 19.9 Å². The van der Waals surface area contributed by atoms with Crippen molar-refractivity contribution < 1.29 is 4.79 Å². The Balaban J connectivity index is 1.64. The zero-order valence-electron chi connectivity index (χ0n) is 19.9. The lowest BCUT2D eigenvalue weighted by Crippen LogP contribution is -2.45. The van der Waals surface area contributed by atoms with Crippen LogP contribution in [0, 0.1) is 0 Å². The standard InChI is InChI=1S/C28H33ClN4O/c1-3-32(4-2)28(34)22-13-11-21(12-14-22)27(33-17-15-30-16-18-33)23-7-5-9-25(19-23)31-26-10-6-8-24(29)20-26/h5-14,19-20,27,30-31H,3-4,15-18H2,1-2H3/t27-/m0/s1. The Bertz CT molecular complexity index is 1090. The van der Waals surface area contributed by atoms with Crippen LogP contribution in [-0.4, -0.2) is 55.0 Å². The number of hydrogen-bond donors (Lipinski definition) is 2. The van der Waals surface area contributed by atoms with E-state index < -0.39 is 0 Å². The van der Waals surface area contributed by atoms with Crippen molar-refractivity contribution >= 4 is 28.9 Å². The highest BCUT2D eigenvalue weighted by atomic mass is 35.5. The first-order valence-electron chi connectivity index (χ1n) is 12.1. The van der Waals surface area contributed by atoms with E-state index in [-0.39, 0.29) is 11.9 Å². The Morgan fingerprint density at radius 3 is 2.24 bits per heavy atom. The summed E-state index contributed by atoms with van der Waals surface area (Å²) in [5.74, 6) is 0.0861. The van der Waals surface area contributed by atoms with Crippen molar-refractivity contribution in [1.82, 2.24) is 15.1 Å². The summed E-state index contributed by atoms with van der Waals surface area (Å²) in [6.07, 6.45) is 0. The summed E-state index contributed by atoms with van der Waals surface area (Å²) in [5.41, 5.74) is 5.13. The van der Waals surface area contributed by atoms with Crippen LogP contribution in [0.4, 0.5) is 11.4 Å². The molecule has 0 aliphatic carbocycles. The van der Waals surface area contributed by atoms with Crippen LogP contribution in [0.2, 0.25) is 5.02 Å². The molecule has 0 unspecified atom stereocenters. The summed E-state index contributed by atoms with van der Waals surface area (Å²) in [4.78, 5) is 17.2. The number of nitrogens with one attached hydrogen (secondary N) is 2. The Morgan fingerprint density at radius 1 is 0.941 bits per heavy atom. The van der Waals surface area contributed by atoms with E-state index >= 15 is 0 Å². The predicted molar refractivity (Wildman–Crippen MR) is 141 cm³/mol. The highest BCUT2D eigenvalue weighted by Crippen LogP contribution is 2.32. The van der Waals surface area contributed by atoms with Crippen molar-refractivity contribution in [2.75, 3.05) is 44.6 Å². The van der Waals surface area contributed by atoms with Gasteiger partial charge in [-0.15, -0.1) is 0 Å². The van der Waals surface area contributed by atoms with Crippen LogP contribution in [-0.2, 0) is 0 Å².